The van der Waals surface area contributed by atoms with Crippen molar-refractivity contribution in [3.63, 3.8) is 0 Å². The molecule has 0 saturated heterocycles. The van der Waals surface area contributed by atoms with Crippen molar-refractivity contribution in [2.24, 2.45) is 0 Å². The zero-order chi connectivity index (χ0) is 22.0. The number of halogens is 1. The summed E-state index contributed by atoms with van der Waals surface area (Å²) in [7, 11) is 0. The molecule has 0 aliphatic rings. The van der Waals surface area contributed by atoms with Gasteiger partial charge in [0, 0.05) is 23.7 Å². The highest BCUT2D eigenvalue weighted by Crippen LogP contribution is 2.27. The minimum Gasteiger partial charge on any atom is -0.411 e. The number of hydrogen-bond donors (Lipinski definition) is 1. The molecule has 3 heterocycles. The Morgan fingerprint density at radius 1 is 1.13 bits per heavy atom. The van der Waals surface area contributed by atoms with Crippen molar-refractivity contribution in [3.8, 4) is 11.5 Å². The van der Waals surface area contributed by atoms with E-state index in [0.29, 0.717) is 52.0 Å². The summed E-state index contributed by atoms with van der Waals surface area (Å²) >= 11 is 7.24. The number of fused-ring (bicyclic) bond motifs is 1. The number of nitrogens with zero attached hydrogens (tertiary/aromatic N) is 5. The average molecular weight is 461 g/mol. The molecular formula is C20H21ClN6O3S. The minimum atomic E-state index is -0.435. The molecule has 0 bridgehead atoms. The maximum Gasteiger partial charge on any atom is 0.330 e. The Morgan fingerprint density at radius 3 is 2.61 bits per heavy atom. The van der Waals surface area contributed by atoms with Gasteiger partial charge in [-0.1, -0.05) is 36.7 Å². The molecule has 1 N–H and O–H groups in total. The number of imidazole rings is 1. The Morgan fingerprint density at radius 2 is 1.90 bits per heavy atom. The third-order valence-corrected chi connectivity index (χ3v) is 5.90. The molecule has 0 aliphatic carbocycles. The first-order chi connectivity index (χ1) is 15.0. The van der Waals surface area contributed by atoms with Crippen LogP contribution in [0.25, 0.3) is 22.6 Å². The maximum absolute atomic E-state index is 12.5. The van der Waals surface area contributed by atoms with Gasteiger partial charge in [0.1, 0.15) is 5.82 Å². The van der Waals surface area contributed by atoms with E-state index < -0.39 is 11.2 Å². The van der Waals surface area contributed by atoms with Gasteiger partial charge in [-0.2, -0.15) is 0 Å². The van der Waals surface area contributed by atoms with Gasteiger partial charge in [0.05, 0.1) is 5.75 Å². The number of hydrogen-bond acceptors (Lipinski definition) is 7. The van der Waals surface area contributed by atoms with E-state index in [-0.39, 0.29) is 0 Å². The van der Waals surface area contributed by atoms with Crippen LogP contribution in [0.2, 0.25) is 5.02 Å². The summed E-state index contributed by atoms with van der Waals surface area (Å²) < 4.78 is 9.09. The molecule has 0 atom stereocenters. The highest BCUT2D eigenvalue weighted by Gasteiger charge is 2.19. The van der Waals surface area contributed by atoms with Crippen molar-refractivity contribution in [2.45, 2.75) is 50.8 Å². The molecule has 0 aliphatic heterocycles. The van der Waals surface area contributed by atoms with Crippen molar-refractivity contribution >= 4 is 34.5 Å². The van der Waals surface area contributed by atoms with E-state index in [9.17, 15) is 9.59 Å². The standard InChI is InChI=1S/C20H21ClN6O3S/c1-3-5-10-27-16-15(17(28)23-19(27)29)26(4-2)14(22-16)11-31-20-25-24-18(30-20)12-6-8-13(21)9-7-12/h6-9H,3-5,10-11H2,1-2H3,(H,23,28,29). The monoisotopic (exact) mass is 460 g/mol. The molecule has 1 aromatic carbocycles. The molecule has 4 aromatic rings. The predicted octanol–water partition coefficient (Wildman–Crippen LogP) is 3.70. The summed E-state index contributed by atoms with van der Waals surface area (Å²) in [5.74, 6) is 1.47. The van der Waals surface area contributed by atoms with E-state index >= 15 is 0 Å². The van der Waals surface area contributed by atoms with Crippen LogP contribution in [0.15, 0.2) is 43.5 Å². The average Bonchev–Trinajstić information content (AvgIpc) is 3.37. The summed E-state index contributed by atoms with van der Waals surface area (Å²) in [6, 6.07) is 7.13. The third kappa shape index (κ3) is 4.31. The molecule has 11 heteroatoms. The van der Waals surface area contributed by atoms with E-state index in [1.54, 1.807) is 12.1 Å². The van der Waals surface area contributed by atoms with Crippen LogP contribution >= 0.6 is 23.4 Å². The maximum atomic E-state index is 12.5. The van der Waals surface area contributed by atoms with Crippen LogP contribution in [0, 0.1) is 0 Å². The highest BCUT2D eigenvalue weighted by atomic mass is 35.5. The molecule has 0 radical (unpaired) electrons. The Labute approximate surface area is 186 Å². The number of aromatic amines is 1. The molecule has 9 nitrogen and oxygen atoms in total. The van der Waals surface area contributed by atoms with Crippen LogP contribution in [0.1, 0.15) is 32.5 Å². The van der Waals surface area contributed by atoms with Crippen molar-refractivity contribution in [3.05, 3.63) is 56.0 Å². The Bertz CT molecular complexity index is 1320. The van der Waals surface area contributed by atoms with Gasteiger partial charge in [-0.05, 0) is 37.6 Å². The fourth-order valence-electron chi connectivity index (χ4n) is 3.30. The van der Waals surface area contributed by atoms with Gasteiger partial charge in [0.2, 0.25) is 5.89 Å². The second-order valence-corrected chi connectivity index (χ2v) is 8.24. The fourth-order valence-corrected chi connectivity index (χ4v) is 4.13. The van der Waals surface area contributed by atoms with Gasteiger partial charge in [-0.3, -0.25) is 14.3 Å². The first-order valence-electron chi connectivity index (χ1n) is 9.96. The first-order valence-corrected chi connectivity index (χ1v) is 11.3. The molecule has 0 fully saturated rings. The number of rotatable bonds is 8. The lowest BCUT2D eigenvalue weighted by Crippen LogP contribution is -2.31. The predicted molar refractivity (Wildman–Crippen MR) is 120 cm³/mol. The van der Waals surface area contributed by atoms with E-state index in [0.717, 1.165) is 18.4 Å². The summed E-state index contributed by atoms with van der Waals surface area (Å²) in [6.07, 6.45) is 1.75. The number of unbranched alkanes of at least 4 members (excludes halogenated alkanes) is 1. The highest BCUT2D eigenvalue weighted by molar-refractivity contribution is 7.98. The molecule has 162 valence electrons. The van der Waals surface area contributed by atoms with Crippen molar-refractivity contribution < 1.29 is 4.42 Å². The van der Waals surface area contributed by atoms with E-state index in [1.165, 1.54) is 16.3 Å². The van der Waals surface area contributed by atoms with Gasteiger partial charge in [-0.25, -0.2) is 9.78 Å². The summed E-state index contributed by atoms with van der Waals surface area (Å²) in [5.41, 5.74) is 0.723. The van der Waals surface area contributed by atoms with Crippen LogP contribution < -0.4 is 11.2 Å². The van der Waals surface area contributed by atoms with Gasteiger partial charge < -0.3 is 8.98 Å². The SMILES string of the molecule is CCCCn1c(=O)[nH]c(=O)c2c1nc(CSc1nnc(-c3ccc(Cl)cc3)o1)n2CC. The Balaban J connectivity index is 1.63. The lowest BCUT2D eigenvalue weighted by atomic mass is 10.2. The van der Waals surface area contributed by atoms with Crippen molar-refractivity contribution in [2.75, 3.05) is 0 Å². The van der Waals surface area contributed by atoms with Crippen LogP contribution in [-0.4, -0.2) is 29.3 Å². The van der Waals surface area contributed by atoms with E-state index in [2.05, 4.69) is 20.2 Å². The largest absolute Gasteiger partial charge is 0.411 e. The lowest BCUT2D eigenvalue weighted by molar-refractivity contribution is 0.465. The van der Waals surface area contributed by atoms with Gasteiger partial charge in [0.15, 0.2) is 11.2 Å². The molecule has 0 spiro atoms. The fraction of sp³-hybridized carbons (Fsp3) is 0.350. The summed E-state index contributed by atoms with van der Waals surface area (Å²) in [4.78, 5) is 31.8. The molecule has 0 saturated carbocycles. The number of thioether (sulfide) groups is 1. The first kappa shape index (κ1) is 21.4. The molecule has 31 heavy (non-hydrogen) atoms. The minimum absolute atomic E-state index is 0.386. The quantitative estimate of drug-likeness (QED) is 0.399. The molecule has 0 amide bonds. The molecule has 3 aromatic heterocycles. The van der Waals surface area contributed by atoms with Crippen molar-refractivity contribution in [1.82, 2.24) is 29.3 Å². The number of aromatic nitrogens is 6. The van der Waals surface area contributed by atoms with Crippen LogP contribution in [0.4, 0.5) is 0 Å². The zero-order valence-corrected chi connectivity index (χ0v) is 18.7. The van der Waals surface area contributed by atoms with Crippen LogP contribution in [-0.2, 0) is 18.8 Å². The van der Waals surface area contributed by atoms with Crippen molar-refractivity contribution in [1.29, 1.82) is 0 Å². The number of benzene rings is 1. The molecular weight excluding hydrogens is 440 g/mol. The lowest BCUT2D eigenvalue weighted by Gasteiger charge is -2.06. The normalized spacial score (nSPS) is 11.5. The Hall–Kier alpha value is -2.85. The zero-order valence-electron chi connectivity index (χ0n) is 17.1. The molecule has 4 rings (SSSR count). The van der Waals surface area contributed by atoms with Crippen LogP contribution in [0.3, 0.4) is 0 Å². The summed E-state index contributed by atoms with van der Waals surface area (Å²) in [6.45, 7) is 5.02. The summed E-state index contributed by atoms with van der Waals surface area (Å²) in [5, 5.41) is 9.18. The van der Waals surface area contributed by atoms with E-state index in [4.69, 9.17) is 16.0 Å². The topological polar surface area (TPSA) is 112 Å². The number of aryl methyl sites for hydroxylation is 2. The van der Waals surface area contributed by atoms with Crippen LogP contribution in [0.5, 0.6) is 0 Å². The second kappa shape index (κ2) is 9.11. The number of nitrogens with one attached hydrogen (secondary N) is 1. The molecule has 0 unspecified atom stereocenters. The van der Waals surface area contributed by atoms with Gasteiger partial charge in [0.25, 0.3) is 10.8 Å². The van der Waals surface area contributed by atoms with Gasteiger partial charge in [-0.15, -0.1) is 10.2 Å². The smallest absolute Gasteiger partial charge is 0.330 e. The van der Waals surface area contributed by atoms with E-state index in [1.807, 2.05) is 30.5 Å². The number of H-pyrrole nitrogens is 1. The third-order valence-electron chi connectivity index (χ3n) is 4.84. The second-order valence-electron chi connectivity index (χ2n) is 6.88. The Kier molecular flexibility index (Phi) is 6.28. The van der Waals surface area contributed by atoms with Gasteiger partial charge >= 0.3 is 5.69 Å².